The summed E-state index contributed by atoms with van der Waals surface area (Å²) in [5.74, 6) is -0.684. The molecule has 3 nitrogen and oxygen atoms in total. The summed E-state index contributed by atoms with van der Waals surface area (Å²) < 4.78 is 0. The second-order valence-corrected chi connectivity index (χ2v) is 4.33. The second-order valence-electron chi connectivity index (χ2n) is 2.88. The van der Waals surface area contributed by atoms with Crippen molar-refractivity contribution in [1.82, 2.24) is 0 Å². The number of thioether (sulfide) groups is 1. The third kappa shape index (κ3) is 3.49. The zero-order valence-corrected chi connectivity index (χ0v) is 9.44. The Morgan fingerprint density at radius 3 is 2.80 bits per heavy atom. The molecule has 1 aromatic carbocycles. The third-order valence-corrected chi connectivity index (χ3v) is 3.09. The first-order valence-electron chi connectivity index (χ1n) is 4.09. The van der Waals surface area contributed by atoms with E-state index in [2.05, 4.69) is 6.58 Å². The molecule has 0 unspecified atom stereocenters. The van der Waals surface area contributed by atoms with E-state index in [1.807, 2.05) is 0 Å². The Morgan fingerprint density at radius 2 is 2.27 bits per heavy atom. The van der Waals surface area contributed by atoms with Gasteiger partial charge in [0, 0.05) is 26.9 Å². The van der Waals surface area contributed by atoms with E-state index in [0.717, 1.165) is 4.90 Å². The number of carboxylic acids is 1. The molecular formula is C10H10ClNO2S. The van der Waals surface area contributed by atoms with Gasteiger partial charge in [-0.2, -0.15) is 0 Å². The Labute approximate surface area is 96.9 Å². The maximum atomic E-state index is 10.5. The van der Waals surface area contributed by atoms with Crippen LogP contribution in [0.4, 0.5) is 5.69 Å². The van der Waals surface area contributed by atoms with Gasteiger partial charge in [0.15, 0.2) is 0 Å². The lowest BCUT2D eigenvalue weighted by Crippen LogP contribution is -2.01. The second kappa shape index (κ2) is 5.09. The fraction of sp³-hybridized carbons (Fsp3) is 0.100. The highest BCUT2D eigenvalue weighted by Crippen LogP contribution is 2.28. The van der Waals surface area contributed by atoms with Crippen LogP contribution >= 0.6 is 23.4 Å². The molecule has 0 saturated carbocycles. The molecule has 1 aromatic rings. The minimum Gasteiger partial charge on any atom is -0.478 e. The van der Waals surface area contributed by atoms with Crippen LogP contribution in [0.1, 0.15) is 0 Å². The summed E-state index contributed by atoms with van der Waals surface area (Å²) in [7, 11) is 0. The predicted octanol–water partition coefficient (Wildman–Crippen LogP) is 2.66. The lowest BCUT2D eigenvalue weighted by molar-refractivity contribution is -0.132. The average molecular weight is 244 g/mol. The monoisotopic (exact) mass is 243 g/mol. The topological polar surface area (TPSA) is 63.3 Å². The molecule has 5 heteroatoms. The van der Waals surface area contributed by atoms with Gasteiger partial charge in [0.1, 0.15) is 0 Å². The Morgan fingerprint density at radius 1 is 1.60 bits per heavy atom. The van der Waals surface area contributed by atoms with Crippen molar-refractivity contribution in [2.24, 2.45) is 0 Å². The first-order valence-corrected chi connectivity index (χ1v) is 5.46. The highest BCUT2D eigenvalue weighted by molar-refractivity contribution is 7.99. The van der Waals surface area contributed by atoms with E-state index in [-0.39, 0.29) is 5.57 Å². The third-order valence-electron chi connectivity index (χ3n) is 1.68. The van der Waals surface area contributed by atoms with Gasteiger partial charge >= 0.3 is 5.97 Å². The zero-order chi connectivity index (χ0) is 11.4. The molecule has 0 fully saturated rings. The molecule has 0 radical (unpaired) electrons. The van der Waals surface area contributed by atoms with Gasteiger partial charge in [-0.1, -0.05) is 18.2 Å². The molecule has 1 rings (SSSR count). The summed E-state index contributed by atoms with van der Waals surface area (Å²) in [6.45, 7) is 3.43. The molecule has 0 spiro atoms. The maximum Gasteiger partial charge on any atom is 0.331 e. The van der Waals surface area contributed by atoms with Crippen molar-refractivity contribution in [3.05, 3.63) is 35.4 Å². The minimum atomic E-state index is -0.991. The molecule has 0 heterocycles. The van der Waals surface area contributed by atoms with E-state index >= 15 is 0 Å². The summed E-state index contributed by atoms with van der Waals surface area (Å²) in [5.41, 5.74) is 6.40. The maximum absolute atomic E-state index is 10.5. The minimum absolute atomic E-state index is 0.148. The predicted molar refractivity (Wildman–Crippen MR) is 63.4 cm³/mol. The van der Waals surface area contributed by atoms with E-state index in [1.165, 1.54) is 11.8 Å². The molecule has 0 atom stereocenters. The first kappa shape index (κ1) is 11.9. The molecular weight excluding hydrogens is 234 g/mol. The number of halogens is 1. The van der Waals surface area contributed by atoms with Crippen LogP contribution in [0.15, 0.2) is 35.2 Å². The molecule has 0 aliphatic rings. The van der Waals surface area contributed by atoms with Gasteiger partial charge in [0.05, 0.1) is 0 Å². The van der Waals surface area contributed by atoms with Gasteiger partial charge in [0.2, 0.25) is 0 Å². The van der Waals surface area contributed by atoms with Gasteiger partial charge < -0.3 is 10.8 Å². The van der Waals surface area contributed by atoms with Gasteiger partial charge in [-0.15, -0.1) is 11.8 Å². The number of aliphatic carboxylic acids is 1. The van der Waals surface area contributed by atoms with Gasteiger partial charge in [-0.3, -0.25) is 0 Å². The molecule has 0 aromatic heterocycles. The van der Waals surface area contributed by atoms with E-state index < -0.39 is 5.97 Å². The number of nitrogen functional groups attached to an aromatic ring is 1. The van der Waals surface area contributed by atoms with Crippen LogP contribution in [0.3, 0.4) is 0 Å². The van der Waals surface area contributed by atoms with Gasteiger partial charge in [-0.05, 0) is 18.2 Å². The fourth-order valence-corrected chi connectivity index (χ4v) is 1.90. The Kier molecular flexibility index (Phi) is 4.05. The summed E-state index contributed by atoms with van der Waals surface area (Å²) in [5, 5.41) is 9.17. The van der Waals surface area contributed by atoms with E-state index in [1.54, 1.807) is 18.2 Å². The smallest absolute Gasteiger partial charge is 0.331 e. The van der Waals surface area contributed by atoms with Crippen molar-refractivity contribution < 1.29 is 9.90 Å². The number of carboxylic acid groups (broad SMARTS) is 1. The van der Waals surface area contributed by atoms with Crippen LogP contribution in [0.2, 0.25) is 5.02 Å². The van der Waals surface area contributed by atoms with Crippen molar-refractivity contribution in [3.63, 3.8) is 0 Å². The lowest BCUT2D eigenvalue weighted by atomic mass is 10.3. The number of nitrogens with two attached hydrogens (primary N) is 1. The van der Waals surface area contributed by atoms with Crippen molar-refractivity contribution in [2.45, 2.75) is 4.90 Å². The Bertz CT molecular complexity index is 406. The van der Waals surface area contributed by atoms with Crippen LogP contribution in [-0.4, -0.2) is 16.8 Å². The quantitative estimate of drug-likeness (QED) is 0.485. The van der Waals surface area contributed by atoms with Crippen molar-refractivity contribution in [3.8, 4) is 0 Å². The van der Waals surface area contributed by atoms with Crippen molar-refractivity contribution in [2.75, 3.05) is 11.5 Å². The molecule has 3 N–H and O–H groups in total. The fourth-order valence-electron chi connectivity index (χ4n) is 0.877. The summed E-state index contributed by atoms with van der Waals surface area (Å²) in [4.78, 5) is 11.3. The van der Waals surface area contributed by atoms with Crippen LogP contribution in [0, 0.1) is 0 Å². The SMILES string of the molecule is C=C(CSc1ccc(Cl)cc1N)C(=O)O. The summed E-state index contributed by atoms with van der Waals surface area (Å²) >= 11 is 7.06. The van der Waals surface area contributed by atoms with E-state index in [0.29, 0.717) is 16.5 Å². The number of anilines is 1. The summed E-state index contributed by atoms with van der Waals surface area (Å²) in [6.07, 6.45) is 0. The zero-order valence-electron chi connectivity index (χ0n) is 7.87. The number of hydrogen-bond donors (Lipinski definition) is 2. The molecule has 0 bridgehead atoms. The average Bonchev–Trinajstić information content (AvgIpc) is 2.15. The molecule has 0 saturated heterocycles. The van der Waals surface area contributed by atoms with Gasteiger partial charge in [0.25, 0.3) is 0 Å². The van der Waals surface area contributed by atoms with E-state index in [9.17, 15) is 4.79 Å². The molecule has 80 valence electrons. The van der Waals surface area contributed by atoms with Crippen molar-refractivity contribution in [1.29, 1.82) is 0 Å². The lowest BCUT2D eigenvalue weighted by Gasteiger charge is -2.05. The van der Waals surface area contributed by atoms with Crippen LogP contribution in [0.25, 0.3) is 0 Å². The van der Waals surface area contributed by atoms with Crippen molar-refractivity contribution >= 4 is 35.0 Å². The number of rotatable bonds is 4. The Hall–Kier alpha value is -1.13. The highest BCUT2D eigenvalue weighted by atomic mass is 35.5. The van der Waals surface area contributed by atoms with E-state index in [4.69, 9.17) is 22.4 Å². The van der Waals surface area contributed by atoms with Crippen LogP contribution in [-0.2, 0) is 4.79 Å². The largest absolute Gasteiger partial charge is 0.478 e. The number of hydrogen-bond acceptors (Lipinski definition) is 3. The number of benzene rings is 1. The molecule has 15 heavy (non-hydrogen) atoms. The first-order chi connectivity index (χ1) is 7.00. The molecule has 0 aliphatic carbocycles. The number of carbonyl (C=O) groups is 1. The molecule has 0 aliphatic heterocycles. The van der Waals surface area contributed by atoms with Crippen LogP contribution < -0.4 is 5.73 Å². The highest BCUT2D eigenvalue weighted by Gasteiger charge is 2.06. The summed E-state index contributed by atoms with van der Waals surface area (Å²) in [6, 6.07) is 5.11. The Balaban J connectivity index is 2.66. The standard InChI is InChI=1S/C10H10ClNO2S/c1-6(10(13)14)5-15-9-3-2-7(11)4-8(9)12/h2-4H,1,5,12H2,(H,13,14). The molecule has 0 amide bonds. The van der Waals surface area contributed by atoms with Gasteiger partial charge in [-0.25, -0.2) is 4.79 Å². The van der Waals surface area contributed by atoms with Crippen LogP contribution in [0.5, 0.6) is 0 Å². The normalized spacial score (nSPS) is 9.93.